The van der Waals surface area contributed by atoms with E-state index in [0.717, 1.165) is 5.92 Å². The Bertz CT molecular complexity index is 140. The van der Waals surface area contributed by atoms with E-state index in [4.69, 9.17) is 0 Å². The molecule has 1 N–H and O–H groups in total. The van der Waals surface area contributed by atoms with E-state index in [1.54, 1.807) is 0 Å². The van der Waals surface area contributed by atoms with Crippen molar-refractivity contribution in [1.82, 2.24) is 5.32 Å². The molecule has 1 saturated carbocycles. The fourth-order valence-electron chi connectivity index (χ4n) is 2.41. The molecule has 0 amide bonds. The number of rotatable bonds is 0. The molecule has 11 heavy (non-hydrogen) atoms. The Labute approximate surface area is 73.3 Å². The van der Waals surface area contributed by atoms with Crippen molar-refractivity contribution in [2.24, 2.45) is 5.92 Å². The van der Waals surface area contributed by atoms with Gasteiger partial charge in [0.25, 0.3) is 0 Å². The number of thioether (sulfide) groups is 1. The van der Waals surface area contributed by atoms with Gasteiger partial charge in [-0.1, -0.05) is 19.8 Å². The van der Waals surface area contributed by atoms with Gasteiger partial charge in [0.15, 0.2) is 0 Å². The third-order valence-electron chi connectivity index (χ3n) is 3.26. The maximum Gasteiger partial charge on any atom is 0.0423 e. The molecule has 1 unspecified atom stereocenters. The van der Waals surface area contributed by atoms with Crippen LogP contribution < -0.4 is 5.32 Å². The van der Waals surface area contributed by atoms with Crippen molar-refractivity contribution in [3.8, 4) is 0 Å². The highest BCUT2D eigenvalue weighted by atomic mass is 32.2. The third kappa shape index (κ3) is 1.31. The Morgan fingerprint density at radius 3 is 2.73 bits per heavy atom. The Morgan fingerprint density at radius 1 is 1.36 bits per heavy atom. The van der Waals surface area contributed by atoms with E-state index < -0.39 is 0 Å². The van der Waals surface area contributed by atoms with E-state index in [1.165, 1.54) is 38.1 Å². The fraction of sp³-hybridized carbons (Fsp3) is 1.00. The van der Waals surface area contributed by atoms with Crippen molar-refractivity contribution < 1.29 is 0 Å². The van der Waals surface area contributed by atoms with Gasteiger partial charge < -0.3 is 5.32 Å². The van der Waals surface area contributed by atoms with E-state index in [1.807, 2.05) is 0 Å². The summed E-state index contributed by atoms with van der Waals surface area (Å²) in [5, 5.41) is 3.45. The highest BCUT2D eigenvalue weighted by Crippen LogP contribution is 2.47. The summed E-state index contributed by atoms with van der Waals surface area (Å²) < 4.78 is 0.686. The predicted octanol–water partition coefficient (Wildman–Crippen LogP) is 2.23. The Morgan fingerprint density at radius 2 is 2.09 bits per heavy atom. The molecule has 0 aromatic rings. The summed E-state index contributed by atoms with van der Waals surface area (Å²) in [4.78, 5) is 0. The highest BCUT2D eigenvalue weighted by molar-refractivity contribution is 8.00. The quantitative estimate of drug-likeness (QED) is 0.600. The van der Waals surface area contributed by atoms with Crippen LogP contribution in [0.2, 0.25) is 0 Å². The minimum absolute atomic E-state index is 0.686. The maximum atomic E-state index is 3.45. The first kappa shape index (κ1) is 7.93. The lowest BCUT2D eigenvalue weighted by Gasteiger charge is -2.39. The van der Waals surface area contributed by atoms with Crippen molar-refractivity contribution in [1.29, 1.82) is 0 Å². The molecule has 2 fully saturated rings. The molecular weight excluding hydrogens is 154 g/mol. The molecule has 0 radical (unpaired) electrons. The second kappa shape index (κ2) is 2.98. The van der Waals surface area contributed by atoms with Crippen molar-refractivity contribution in [2.75, 3.05) is 12.4 Å². The molecular formula is C9H17NS. The van der Waals surface area contributed by atoms with Gasteiger partial charge in [0, 0.05) is 10.6 Å². The van der Waals surface area contributed by atoms with Crippen molar-refractivity contribution >= 4 is 11.8 Å². The number of hydrogen-bond acceptors (Lipinski definition) is 2. The van der Waals surface area contributed by atoms with Crippen molar-refractivity contribution in [3.05, 3.63) is 0 Å². The first-order chi connectivity index (χ1) is 5.33. The van der Waals surface area contributed by atoms with Gasteiger partial charge in [-0.2, -0.15) is 0 Å². The van der Waals surface area contributed by atoms with E-state index >= 15 is 0 Å². The SMILES string of the molecule is CC1CNCSC12CCCC2. The molecule has 1 aliphatic heterocycles. The summed E-state index contributed by atoms with van der Waals surface area (Å²) in [5.74, 6) is 2.08. The van der Waals surface area contributed by atoms with Gasteiger partial charge in [-0.3, -0.25) is 0 Å². The molecule has 2 heteroatoms. The van der Waals surface area contributed by atoms with Crippen LogP contribution in [0.4, 0.5) is 0 Å². The van der Waals surface area contributed by atoms with Gasteiger partial charge in [0.1, 0.15) is 0 Å². The van der Waals surface area contributed by atoms with Gasteiger partial charge in [-0.25, -0.2) is 0 Å². The van der Waals surface area contributed by atoms with Gasteiger partial charge in [0.2, 0.25) is 0 Å². The Balaban J connectivity index is 2.07. The zero-order valence-electron chi connectivity index (χ0n) is 7.23. The third-order valence-corrected chi connectivity index (χ3v) is 4.99. The minimum atomic E-state index is 0.686. The summed E-state index contributed by atoms with van der Waals surface area (Å²) in [7, 11) is 0. The van der Waals surface area contributed by atoms with Crippen LogP contribution in [0, 0.1) is 5.92 Å². The first-order valence-corrected chi connectivity index (χ1v) is 5.67. The van der Waals surface area contributed by atoms with Crippen molar-refractivity contribution in [3.63, 3.8) is 0 Å². The van der Waals surface area contributed by atoms with Gasteiger partial charge >= 0.3 is 0 Å². The summed E-state index contributed by atoms with van der Waals surface area (Å²) in [6.45, 7) is 3.65. The predicted molar refractivity (Wildman–Crippen MR) is 50.8 cm³/mol. The summed E-state index contributed by atoms with van der Waals surface area (Å²) in [6, 6.07) is 0. The molecule has 1 heterocycles. The topological polar surface area (TPSA) is 12.0 Å². The fourth-order valence-corrected chi connectivity index (χ4v) is 3.86. The molecule has 2 rings (SSSR count). The van der Waals surface area contributed by atoms with Crippen LogP contribution in [-0.2, 0) is 0 Å². The lowest BCUT2D eigenvalue weighted by atomic mass is 9.91. The first-order valence-electron chi connectivity index (χ1n) is 4.68. The summed E-state index contributed by atoms with van der Waals surface area (Å²) in [5.41, 5.74) is 0. The maximum absolute atomic E-state index is 3.45. The van der Waals surface area contributed by atoms with Gasteiger partial charge in [0.05, 0.1) is 0 Å². The Hall–Kier alpha value is 0.310. The van der Waals surface area contributed by atoms with Crippen molar-refractivity contribution in [2.45, 2.75) is 37.4 Å². The highest BCUT2D eigenvalue weighted by Gasteiger charge is 2.40. The second-order valence-electron chi connectivity index (χ2n) is 3.92. The smallest absolute Gasteiger partial charge is 0.0423 e. The summed E-state index contributed by atoms with van der Waals surface area (Å²) in [6.07, 6.45) is 5.88. The molecule has 1 saturated heterocycles. The average molecular weight is 171 g/mol. The minimum Gasteiger partial charge on any atom is -0.308 e. The normalized spacial score (nSPS) is 36.3. The van der Waals surface area contributed by atoms with Crippen LogP contribution in [0.25, 0.3) is 0 Å². The van der Waals surface area contributed by atoms with Gasteiger partial charge in [-0.15, -0.1) is 11.8 Å². The van der Waals surface area contributed by atoms with Gasteiger partial charge in [-0.05, 0) is 25.3 Å². The molecule has 1 atom stereocenters. The van der Waals surface area contributed by atoms with Crippen LogP contribution in [-0.4, -0.2) is 17.2 Å². The van der Waals surface area contributed by atoms with E-state index in [0.29, 0.717) is 4.75 Å². The molecule has 0 aromatic carbocycles. The lowest BCUT2D eigenvalue weighted by molar-refractivity contribution is 0.381. The molecule has 1 aliphatic carbocycles. The molecule has 1 spiro atoms. The zero-order valence-corrected chi connectivity index (χ0v) is 8.04. The molecule has 64 valence electrons. The van der Waals surface area contributed by atoms with E-state index in [-0.39, 0.29) is 0 Å². The number of nitrogens with one attached hydrogen (secondary N) is 1. The van der Waals surface area contributed by atoms with Crippen LogP contribution >= 0.6 is 11.8 Å². The number of hydrogen-bond donors (Lipinski definition) is 1. The van der Waals surface area contributed by atoms with E-state index in [9.17, 15) is 0 Å². The molecule has 0 bridgehead atoms. The van der Waals surface area contributed by atoms with Crippen LogP contribution in [0.5, 0.6) is 0 Å². The molecule has 0 aromatic heterocycles. The zero-order chi connectivity index (χ0) is 7.73. The second-order valence-corrected chi connectivity index (χ2v) is 5.31. The Kier molecular flexibility index (Phi) is 2.15. The average Bonchev–Trinajstić information content (AvgIpc) is 2.46. The lowest BCUT2D eigenvalue weighted by Crippen LogP contribution is -2.43. The molecule has 1 nitrogen and oxygen atoms in total. The summed E-state index contributed by atoms with van der Waals surface area (Å²) >= 11 is 2.17. The van der Waals surface area contributed by atoms with Crippen LogP contribution in [0.3, 0.4) is 0 Å². The van der Waals surface area contributed by atoms with Crippen LogP contribution in [0.15, 0.2) is 0 Å². The van der Waals surface area contributed by atoms with E-state index in [2.05, 4.69) is 24.0 Å². The largest absolute Gasteiger partial charge is 0.308 e. The monoisotopic (exact) mass is 171 g/mol. The van der Waals surface area contributed by atoms with Crippen LogP contribution in [0.1, 0.15) is 32.6 Å². The standard InChI is InChI=1S/C9H17NS/c1-8-6-10-7-11-9(8)4-2-3-5-9/h8,10H,2-7H2,1H3. The molecule has 2 aliphatic rings.